The third-order valence-electron chi connectivity index (χ3n) is 2.48. The molecule has 4 nitrogen and oxygen atoms in total. The van der Waals surface area contributed by atoms with E-state index in [2.05, 4.69) is 9.36 Å². The zero-order valence-electron chi connectivity index (χ0n) is 9.31. The van der Waals surface area contributed by atoms with E-state index in [-0.39, 0.29) is 0 Å². The second-order valence-corrected chi connectivity index (χ2v) is 4.95. The first-order chi connectivity index (χ1) is 8.65. The summed E-state index contributed by atoms with van der Waals surface area (Å²) in [6, 6.07) is 7.26. The standard InChI is InChI=1S/C12H7ClN2O2S/c1-6-14-10-9(7-2-4-8(13)5-3-7)15-18-11(10)12(16)17-6/h2-5H,1H3. The second-order valence-electron chi connectivity index (χ2n) is 3.74. The molecule has 3 rings (SSSR count). The van der Waals surface area contributed by atoms with Crippen molar-refractivity contribution >= 4 is 33.4 Å². The molecule has 3 aromatic rings. The van der Waals surface area contributed by atoms with Gasteiger partial charge in [-0.05, 0) is 23.7 Å². The van der Waals surface area contributed by atoms with Gasteiger partial charge in [0.05, 0.1) is 0 Å². The summed E-state index contributed by atoms with van der Waals surface area (Å²) in [7, 11) is 0. The van der Waals surface area contributed by atoms with E-state index in [9.17, 15) is 4.79 Å². The van der Waals surface area contributed by atoms with Crippen LogP contribution in [-0.2, 0) is 0 Å². The fraction of sp³-hybridized carbons (Fsp3) is 0.0833. The molecule has 0 aliphatic heterocycles. The fourth-order valence-electron chi connectivity index (χ4n) is 1.68. The Morgan fingerprint density at radius 3 is 2.72 bits per heavy atom. The zero-order chi connectivity index (χ0) is 12.7. The Morgan fingerprint density at radius 1 is 1.28 bits per heavy atom. The number of aromatic nitrogens is 2. The Kier molecular flexibility index (Phi) is 2.65. The summed E-state index contributed by atoms with van der Waals surface area (Å²) in [6.07, 6.45) is 0. The molecule has 0 N–H and O–H groups in total. The minimum Gasteiger partial charge on any atom is -0.408 e. The summed E-state index contributed by atoms with van der Waals surface area (Å²) in [5.41, 5.74) is 1.75. The molecular formula is C12H7ClN2O2S. The maximum Gasteiger partial charge on any atom is 0.358 e. The molecule has 1 aromatic carbocycles. The number of rotatable bonds is 1. The van der Waals surface area contributed by atoms with Gasteiger partial charge in [0.1, 0.15) is 11.2 Å². The maximum atomic E-state index is 11.6. The number of halogens is 1. The number of hydrogen-bond acceptors (Lipinski definition) is 5. The van der Waals surface area contributed by atoms with Gasteiger partial charge in [0, 0.05) is 17.5 Å². The van der Waals surface area contributed by atoms with Crippen molar-refractivity contribution in [2.24, 2.45) is 0 Å². The third-order valence-corrected chi connectivity index (χ3v) is 3.55. The van der Waals surface area contributed by atoms with E-state index >= 15 is 0 Å². The molecule has 0 aliphatic rings. The molecule has 90 valence electrons. The average molecular weight is 279 g/mol. The Balaban J connectivity index is 2.30. The van der Waals surface area contributed by atoms with Crippen molar-refractivity contribution in [1.82, 2.24) is 9.36 Å². The number of hydrogen-bond donors (Lipinski definition) is 0. The summed E-state index contributed by atoms with van der Waals surface area (Å²) in [4.78, 5) is 15.9. The molecule has 0 aliphatic carbocycles. The van der Waals surface area contributed by atoms with Gasteiger partial charge in [-0.25, -0.2) is 9.78 Å². The van der Waals surface area contributed by atoms with Crippen LogP contribution in [0.2, 0.25) is 5.02 Å². The second kappa shape index (κ2) is 4.19. The lowest BCUT2D eigenvalue weighted by Crippen LogP contribution is -2.00. The lowest BCUT2D eigenvalue weighted by atomic mass is 10.1. The molecule has 0 saturated carbocycles. The molecule has 0 bridgehead atoms. The van der Waals surface area contributed by atoms with Crippen LogP contribution < -0.4 is 5.63 Å². The molecule has 2 aromatic heterocycles. The highest BCUT2D eigenvalue weighted by molar-refractivity contribution is 7.13. The summed E-state index contributed by atoms with van der Waals surface area (Å²) in [5.74, 6) is 0.336. The highest BCUT2D eigenvalue weighted by atomic mass is 35.5. The molecule has 0 fully saturated rings. The number of fused-ring (bicyclic) bond motifs is 1. The number of benzene rings is 1. The molecule has 0 spiro atoms. The topological polar surface area (TPSA) is 56.0 Å². The molecular weight excluding hydrogens is 272 g/mol. The first-order valence-electron chi connectivity index (χ1n) is 5.18. The van der Waals surface area contributed by atoms with E-state index in [0.717, 1.165) is 17.1 Å². The SMILES string of the molecule is Cc1nc2c(-c3ccc(Cl)cc3)nsc2c(=O)o1. The average Bonchev–Trinajstić information content (AvgIpc) is 2.74. The Hall–Kier alpha value is -1.72. The Bertz CT molecular complexity index is 777. The molecule has 0 unspecified atom stereocenters. The van der Waals surface area contributed by atoms with Crippen LogP contribution in [0.4, 0.5) is 0 Å². The van der Waals surface area contributed by atoms with Gasteiger partial charge in [-0.15, -0.1) is 0 Å². The Morgan fingerprint density at radius 2 is 2.00 bits per heavy atom. The predicted octanol–water partition coefficient (Wildman–Crippen LogP) is 3.27. The quantitative estimate of drug-likeness (QED) is 0.685. The van der Waals surface area contributed by atoms with Crippen LogP contribution in [0.1, 0.15) is 5.89 Å². The van der Waals surface area contributed by atoms with E-state index in [4.69, 9.17) is 16.0 Å². The van der Waals surface area contributed by atoms with E-state index in [1.54, 1.807) is 19.1 Å². The predicted molar refractivity (Wildman–Crippen MR) is 71.1 cm³/mol. The first kappa shape index (κ1) is 11.4. The largest absolute Gasteiger partial charge is 0.408 e. The molecule has 0 atom stereocenters. The normalized spacial score (nSPS) is 11.0. The van der Waals surface area contributed by atoms with E-state index in [1.165, 1.54) is 0 Å². The number of aryl methyl sites for hydroxylation is 1. The van der Waals surface area contributed by atoms with Crippen LogP contribution in [0.15, 0.2) is 33.5 Å². The fourth-order valence-corrected chi connectivity index (χ4v) is 2.53. The van der Waals surface area contributed by atoms with Crippen molar-refractivity contribution in [3.05, 3.63) is 45.6 Å². The molecule has 2 heterocycles. The minimum atomic E-state index is -0.393. The van der Waals surface area contributed by atoms with Crippen LogP contribution in [-0.4, -0.2) is 9.36 Å². The molecule has 0 saturated heterocycles. The van der Waals surface area contributed by atoms with E-state index in [0.29, 0.717) is 26.8 Å². The first-order valence-corrected chi connectivity index (χ1v) is 6.33. The minimum absolute atomic E-state index is 0.336. The Labute approximate surface area is 111 Å². The van der Waals surface area contributed by atoms with Crippen LogP contribution in [0.5, 0.6) is 0 Å². The van der Waals surface area contributed by atoms with Gasteiger partial charge in [0.25, 0.3) is 0 Å². The lowest BCUT2D eigenvalue weighted by Gasteiger charge is -1.98. The van der Waals surface area contributed by atoms with Crippen molar-refractivity contribution in [3.63, 3.8) is 0 Å². The highest BCUT2D eigenvalue weighted by Crippen LogP contribution is 2.28. The van der Waals surface area contributed by atoms with Gasteiger partial charge in [0.15, 0.2) is 10.6 Å². The summed E-state index contributed by atoms with van der Waals surface area (Å²) in [5, 5.41) is 0.655. The molecule has 0 amide bonds. The smallest absolute Gasteiger partial charge is 0.358 e. The zero-order valence-corrected chi connectivity index (χ0v) is 10.9. The third kappa shape index (κ3) is 1.81. The van der Waals surface area contributed by atoms with E-state index in [1.807, 2.05) is 12.1 Å². The van der Waals surface area contributed by atoms with Crippen LogP contribution in [0.25, 0.3) is 21.5 Å². The highest BCUT2D eigenvalue weighted by Gasteiger charge is 2.14. The van der Waals surface area contributed by atoms with Crippen LogP contribution in [0, 0.1) is 6.92 Å². The number of nitrogens with zero attached hydrogens (tertiary/aromatic N) is 2. The molecule has 18 heavy (non-hydrogen) atoms. The lowest BCUT2D eigenvalue weighted by molar-refractivity contribution is 0.468. The van der Waals surface area contributed by atoms with Gasteiger partial charge >= 0.3 is 5.63 Å². The van der Waals surface area contributed by atoms with Gasteiger partial charge in [-0.2, -0.15) is 4.37 Å². The summed E-state index contributed by atoms with van der Waals surface area (Å²) >= 11 is 6.94. The van der Waals surface area contributed by atoms with Crippen LogP contribution >= 0.6 is 23.1 Å². The van der Waals surface area contributed by atoms with Gasteiger partial charge < -0.3 is 4.42 Å². The van der Waals surface area contributed by atoms with Crippen molar-refractivity contribution in [2.45, 2.75) is 6.92 Å². The van der Waals surface area contributed by atoms with Crippen molar-refractivity contribution < 1.29 is 4.42 Å². The van der Waals surface area contributed by atoms with Gasteiger partial charge in [-0.3, -0.25) is 0 Å². The summed E-state index contributed by atoms with van der Waals surface area (Å²) in [6.45, 7) is 1.64. The molecule has 0 radical (unpaired) electrons. The van der Waals surface area contributed by atoms with Gasteiger partial charge in [-0.1, -0.05) is 23.7 Å². The summed E-state index contributed by atoms with van der Waals surface area (Å²) < 4.78 is 9.65. The van der Waals surface area contributed by atoms with Crippen molar-refractivity contribution in [2.75, 3.05) is 0 Å². The van der Waals surface area contributed by atoms with Crippen LogP contribution in [0.3, 0.4) is 0 Å². The monoisotopic (exact) mass is 278 g/mol. The molecule has 6 heteroatoms. The van der Waals surface area contributed by atoms with Gasteiger partial charge in [0.2, 0.25) is 0 Å². The maximum absolute atomic E-state index is 11.6. The van der Waals surface area contributed by atoms with E-state index < -0.39 is 5.63 Å². The van der Waals surface area contributed by atoms with Crippen molar-refractivity contribution in [1.29, 1.82) is 0 Å². The van der Waals surface area contributed by atoms with Crippen molar-refractivity contribution in [3.8, 4) is 11.3 Å².